The van der Waals surface area contributed by atoms with Crippen LogP contribution in [0.25, 0.3) is 17.2 Å². The first-order valence-corrected chi connectivity index (χ1v) is 11.6. The van der Waals surface area contributed by atoms with Crippen molar-refractivity contribution in [1.82, 2.24) is 34.9 Å². The summed E-state index contributed by atoms with van der Waals surface area (Å²) in [6.07, 6.45) is 1.29. The molecule has 0 aromatic carbocycles. The molecular formula is C24H24N8O4. The van der Waals surface area contributed by atoms with E-state index in [0.717, 1.165) is 30.9 Å². The fourth-order valence-electron chi connectivity index (χ4n) is 4.65. The van der Waals surface area contributed by atoms with Crippen molar-refractivity contribution in [1.29, 1.82) is 5.26 Å². The van der Waals surface area contributed by atoms with Gasteiger partial charge in [-0.25, -0.2) is 0 Å². The second-order valence-electron chi connectivity index (χ2n) is 9.05. The van der Waals surface area contributed by atoms with Gasteiger partial charge in [0.25, 0.3) is 5.88 Å². The molecule has 184 valence electrons. The van der Waals surface area contributed by atoms with Gasteiger partial charge in [-0.15, -0.1) is 15.3 Å². The highest BCUT2D eigenvalue weighted by atomic mass is 16.5. The Kier molecular flexibility index (Phi) is 5.50. The summed E-state index contributed by atoms with van der Waals surface area (Å²) in [5.41, 5.74) is 3.87. The van der Waals surface area contributed by atoms with Crippen molar-refractivity contribution in [3.63, 3.8) is 0 Å². The van der Waals surface area contributed by atoms with E-state index < -0.39 is 0 Å². The topological polar surface area (TPSA) is 137 Å². The molecule has 6 heterocycles. The summed E-state index contributed by atoms with van der Waals surface area (Å²) in [5.74, 6) is 1.84. The van der Waals surface area contributed by atoms with Crippen molar-refractivity contribution in [2.24, 2.45) is 0 Å². The maximum atomic E-state index is 9.25. The second kappa shape index (κ2) is 8.85. The second-order valence-corrected chi connectivity index (χ2v) is 9.05. The lowest BCUT2D eigenvalue weighted by atomic mass is 9.88. The van der Waals surface area contributed by atoms with E-state index in [1.165, 1.54) is 5.56 Å². The average molecular weight is 489 g/mol. The number of hydrogen-bond acceptors (Lipinski definition) is 11. The SMILES string of the molecule is COc1cc2nnc(-c3cc(C)on3)n2nc1OCc1ccc2c(n1)CCN(C1(CC#N)COC1)C2. The molecule has 0 N–H and O–H groups in total. The summed E-state index contributed by atoms with van der Waals surface area (Å²) in [6.45, 7) is 4.86. The van der Waals surface area contributed by atoms with E-state index in [0.29, 0.717) is 54.2 Å². The Morgan fingerprint density at radius 1 is 1.22 bits per heavy atom. The number of pyridine rings is 1. The first-order valence-electron chi connectivity index (χ1n) is 11.6. The first-order chi connectivity index (χ1) is 17.6. The molecule has 2 aliphatic heterocycles. The normalized spacial score (nSPS) is 16.8. The Balaban J connectivity index is 1.21. The Labute approximate surface area is 206 Å². The highest BCUT2D eigenvalue weighted by Gasteiger charge is 2.45. The van der Waals surface area contributed by atoms with Crippen molar-refractivity contribution < 1.29 is 18.7 Å². The van der Waals surface area contributed by atoms with Crippen molar-refractivity contribution >= 4 is 5.65 Å². The number of ether oxygens (including phenoxy) is 3. The van der Waals surface area contributed by atoms with E-state index in [4.69, 9.17) is 23.7 Å². The van der Waals surface area contributed by atoms with Gasteiger partial charge in [-0.05, 0) is 18.6 Å². The van der Waals surface area contributed by atoms with E-state index in [1.54, 1.807) is 30.7 Å². The fourth-order valence-corrected chi connectivity index (χ4v) is 4.65. The predicted octanol–water partition coefficient (Wildman–Crippen LogP) is 2.11. The summed E-state index contributed by atoms with van der Waals surface area (Å²) < 4.78 is 23.7. The monoisotopic (exact) mass is 488 g/mol. The lowest BCUT2D eigenvalue weighted by Crippen LogP contribution is -2.62. The van der Waals surface area contributed by atoms with Gasteiger partial charge in [0.15, 0.2) is 17.1 Å². The minimum absolute atomic E-state index is 0.166. The maximum absolute atomic E-state index is 9.25. The van der Waals surface area contributed by atoms with Crippen LogP contribution >= 0.6 is 0 Å². The van der Waals surface area contributed by atoms with E-state index in [-0.39, 0.29) is 12.1 Å². The van der Waals surface area contributed by atoms with E-state index in [2.05, 4.69) is 37.5 Å². The zero-order valence-electron chi connectivity index (χ0n) is 20.0. The smallest absolute Gasteiger partial charge is 0.275 e. The molecule has 0 bridgehead atoms. The van der Waals surface area contributed by atoms with Crippen LogP contribution in [0.3, 0.4) is 0 Å². The average Bonchev–Trinajstić information content (AvgIpc) is 3.49. The quantitative estimate of drug-likeness (QED) is 0.378. The fraction of sp³-hybridized carbons (Fsp3) is 0.417. The van der Waals surface area contributed by atoms with Crippen molar-refractivity contribution in [3.8, 4) is 29.2 Å². The summed E-state index contributed by atoms with van der Waals surface area (Å²) in [4.78, 5) is 7.20. The van der Waals surface area contributed by atoms with Crippen LogP contribution in [0, 0.1) is 18.3 Å². The molecule has 6 rings (SSSR count). The Bertz CT molecular complexity index is 1470. The molecule has 0 radical (unpaired) electrons. The molecule has 4 aromatic rings. The number of methoxy groups -OCH3 is 1. The molecule has 2 aliphatic rings. The van der Waals surface area contributed by atoms with Gasteiger partial charge in [0.2, 0.25) is 5.82 Å². The van der Waals surface area contributed by atoms with Gasteiger partial charge in [0, 0.05) is 37.3 Å². The number of fused-ring (bicyclic) bond motifs is 2. The number of aromatic nitrogens is 6. The highest BCUT2D eigenvalue weighted by Crippen LogP contribution is 2.33. The number of rotatable bonds is 7. The van der Waals surface area contributed by atoms with Gasteiger partial charge >= 0.3 is 0 Å². The van der Waals surface area contributed by atoms with Crippen molar-refractivity contribution in [2.75, 3.05) is 26.9 Å². The van der Waals surface area contributed by atoms with E-state index in [9.17, 15) is 5.26 Å². The molecule has 12 heteroatoms. The van der Waals surface area contributed by atoms with Crippen LogP contribution in [0.4, 0.5) is 0 Å². The lowest BCUT2D eigenvalue weighted by Gasteiger charge is -2.50. The Hall–Kier alpha value is -4.08. The molecule has 0 atom stereocenters. The third-order valence-corrected chi connectivity index (χ3v) is 6.69. The molecule has 0 saturated carbocycles. The van der Waals surface area contributed by atoms with Crippen LogP contribution < -0.4 is 9.47 Å². The third kappa shape index (κ3) is 3.82. The van der Waals surface area contributed by atoms with Crippen LogP contribution in [-0.4, -0.2) is 67.3 Å². The maximum Gasteiger partial charge on any atom is 0.275 e. The standard InChI is InChI=1S/C24H24N8O4/c1-15-9-19(30-36-15)22-28-27-21-10-20(33-2)23(29-32(21)22)35-12-17-4-3-16-11-31(8-5-18(16)26-17)24(6-7-25)13-34-14-24/h3-4,9-10H,5-6,8,11-14H2,1-2H3. The van der Waals surface area contributed by atoms with Crippen LogP contribution in [0.2, 0.25) is 0 Å². The molecule has 12 nitrogen and oxygen atoms in total. The van der Waals surface area contributed by atoms with Gasteiger partial charge < -0.3 is 18.7 Å². The van der Waals surface area contributed by atoms with Crippen LogP contribution in [0.1, 0.15) is 29.1 Å². The molecule has 1 fully saturated rings. The molecule has 4 aromatic heterocycles. The van der Waals surface area contributed by atoms with Gasteiger partial charge in [-0.2, -0.15) is 9.78 Å². The Morgan fingerprint density at radius 3 is 2.83 bits per heavy atom. The molecule has 0 unspecified atom stereocenters. The van der Waals surface area contributed by atoms with E-state index >= 15 is 0 Å². The number of aryl methyl sites for hydroxylation is 1. The molecule has 1 saturated heterocycles. The molecule has 36 heavy (non-hydrogen) atoms. The molecule has 0 amide bonds. The molecular weight excluding hydrogens is 464 g/mol. The summed E-state index contributed by atoms with van der Waals surface area (Å²) in [5, 5.41) is 26.2. The summed E-state index contributed by atoms with van der Waals surface area (Å²) >= 11 is 0. The minimum Gasteiger partial charge on any atom is -0.491 e. The van der Waals surface area contributed by atoms with Gasteiger partial charge in [-0.1, -0.05) is 11.2 Å². The highest BCUT2D eigenvalue weighted by molar-refractivity contribution is 5.56. The summed E-state index contributed by atoms with van der Waals surface area (Å²) in [7, 11) is 1.55. The zero-order chi connectivity index (χ0) is 24.7. The number of nitriles is 1. The van der Waals surface area contributed by atoms with Crippen molar-refractivity contribution in [3.05, 3.63) is 47.0 Å². The zero-order valence-corrected chi connectivity index (χ0v) is 20.0. The summed E-state index contributed by atoms with van der Waals surface area (Å²) in [6, 6.07) is 9.84. The van der Waals surface area contributed by atoms with Crippen LogP contribution in [-0.2, 0) is 24.3 Å². The van der Waals surface area contributed by atoms with Crippen LogP contribution in [0.5, 0.6) is 11.6 Å². The largest absolute Gasteiger partial charge is 0.491 e. The predicted molar refractivity (Wildman–Crippen MR) is 124 cm³/mol. The van der Waals surface area contributed by atoms with Gasteiger partial charge in [-0.3, -0.25) is 9.88 Å². The van der Waals surface area contributed by atoms with Gasteiger partial charge in [0.1, 0.15) is 12.4 Å². The first kappa shape index (κ1) is 22.4. The molecule has 0 spiro atoms. The van der Waals surface area contributed by atoms with E-state index in [1.807, 2.05) is 6.07 Å². The lowest BCUT2D eigenvalue weighted by molar-refractivity contribution is -0.143. The van der Waals surface area contributed by atoms with Gasteiger partial charge in [0.05, 0.1) is 44.0 Å². The minimum atomic E-state index is -0.166. The third-order valence-electron chi connectivity index (χ3n) is 6.69. The van der Waals surface area contributed by atoms with Crippen molar-refractivity contribution in [2.45, 2.75) is 38.5 Å². The number of hydrogen-bond donors (Lipinski definition) is 0. The Morgan fingerprint density at radius 2 is 2.11 bits per heavy atom. The van der Waals surface area contributed by atoms with Crippen LogP contribution in [0.15, 0.2) is 28.8 Å². The molecule has 0 aliphatic carbocycles. The number of nitrogens with zero attached hydrogens (tertiary/aromatic N) is 8.